The van der Waals surface area contributed by atoms with Gasteiger partial charge in [-0.3, -0.25) is 4.99 Å². The van der Waals surface area contributed by atoms with Crippen LogP contribution in [-0.2, 0) is 0 Å². The molecule has 0 aromatic rings. The Balaban J connectivity index is 1.87. The molecule has 4 nitrogen and oxygen atoms in total. The van der Waals surface area contributed by atoms with Crippen molar-refractivity contribution in [2.75, 3.05) is 20.1 Å². The molecule has 2 aliphatic heterocycles. The molecule has 1 spiro atoms. The van der Waals surface area contributed by atoms with E-state index >= 15 is 0 Å². The van der Waals surface area contributed by atoms with Gasteiger partial charge in [0.2, 0.25) is 0 Å². The molecule has 1 aliphatic carbocycles. The number of hydrogen-bond acceptors (Lipinski definition) is 4. The Morgan fingerprint density at radius 3 is 2.73 bits per heavy atom. The molecule has 2 unspecified atom stereocenters. The zero-order chi connectivity index (χ0) is 10.6. The molecule has 3 aliphatic rings. The highest BCUT2D eigenvalue weighted by Gasteiger charge is 2.53. The Morgan fingerprint density at radius 1 is 1.47 bits per heavy atom. The summed E-state index contributed by atoms with van der Waals surface area (Å²) in [6.45, 7) is 4.33. The first-order chi connectivity index (χ1) is 7.12. The Bertz CT molecular complexity index is 298. The molecule has 3 rings (SSSR count). The molecule has 0 aromatic carbocycles. The van der Waals surface area contributed by atoms with Crippen LogP contribution in [0.2, 0.25) is 0 Å². The Labute approximate surface area is 91.1 Å². The maximum absolute atomic E-state index is 6.02. The largest absolute Gasteiger partial charge is 0.370 e. The number of guanidine groups is 1. The molecule has 2 fully saturated rings. The number of nitrogens with zero attached hydrogens (tertiary/aromatic N) is 3. The second kappa shape index (κ2) is 2.88. The zero-order valence-corrected chi connectivity index (χ0v) is 9.61. The van der Waals surface area contributed by atoms with Gasteiger partial charge in [-0.15, -0.1) is 0 Å². The van der Waals surface area contributed by atoms with Crippen molar-refractivity contribution in [3.8, 4) is 0 Å². The van der Waals surface area contributed by atoms with Crippen LogP contribution in [0.1, 0.15) is 26.2 Å². The summed E-state index contributed by atoms with van der Waals surface area (Å²) in [5.41, 5.74) is 6.26. The monoisotopic (exact) mass is 208 g/mol. The average molecular weight is 208 g/mol. The van der Waals surface area contributed by atoms with E-state index in [-0.39, 0.29) is 5.54 Å². The normalized spacial score (nSPS) is 41.6. The van der Waals surface area contributed by atoms with Gasteiger partial charge in [-0.1, -0.05) is 0 Å². The van der Waals surface area contributed by atoms with Gasteiger partial charge in [0.15, 0.2) is 5.96 Å². The predicted molar refractivity (Wildman–Crippen MR) is 60.8 cm³/mol. The highest BCUT2D eigenvalue weighted by molar-refractivity contribution is 5.82. The number of likely N-dealkylation sites (N-methyl/N-ethyl adjacent to an activating group) is 1. The highest BCUT2D eigenvalue weighted by atomic mass is 15.4. The van der Waals surface area contributed by atoms with Gasteiger partial charge in [-0.05, 0) is 33.2 Å². The van der Waals surface area contributed by atoms with Crippen LogP contribution in [0, 0.1) is 0 Å². The van der Waals surface area contributed by atoms with E-state index in [1.807, 2.05) is 0 Å². The van der Waals surface area contributed by atoms with E-state index in [1.165, 1.54) is 19.3 Å². The second-order valence-corrected chi connectivity index (χ2v) is 5.47. The van der Waals surface area contributed by atoms with E-state index in [4.69, 9.17) is 5.73 Å². The molecule has 2 N–H and O–H groups in total. The van der Waals surface area contributed by atoms with E-state index < -0.39 is 0 Å². The fraction of sp³-hybridized carbons (Fsp3) is 0.909. The smallest absolute Gasteiger partial charge is 0.192 e. The molecule has 0 bridgehead atoms. The van der Waals surface area contributed by atoms with Crippen LogP contribution < -0.4 is 5.73 Å². The van der Waals surface area contributed by atoms with Gasteiger partial charge in [-0.25, -0.2) is 0 Å². The lowest BCUT2D eigenvalue weighted by Gasteiger charge is -2.36. The minimum Gasteiger partial charge on any atom is -0.370 e. The summed E-state index contributed by atoms with van der Waals surface area (Å²) in [5.74, 6) is 0.792. The molecular formula is C11H20N4. The summed E-state index contributed by atoms with van der Waals surface area (Å²) in [7, 11) is 2.21. The zero-order valence-electron chi connectivity index (χ0n) is 9.61. The van der Waals surface area contributed by atoms with Crippen molar-refractivity contribution in [1.82, 2.24) is 9.80 Å². The van der Waals surface area contributed by atoms with Crippen LogP contribution >= 0.6 is 0 Å². The lowest BCUT2D eigenvalue weighted by molar-refractivity contribution is 0.196. The number of aliphatic imine (C=N–C) groups is 1. The minimum absolute atomic E-state index is 0.236. The summed E-state index contributed by atoms with van der Waals surface area (Å²) in [6.07, 6.45) is 3.82. The van der Waals surface area contributed by atoms with Crippen molar-refractivity contribution in [3.05, 3.63) is 0 Å². The van der Waals surface area contributed by atoms with Gasteiger partial charge in [-0.2, -0.15) is 0 Å². The topological polar surface area (TPSA) is 44.9 Å². The molecular weight excluding hydrogens is 188 g/mol. The van der Waals surface area contributed by atoms with Crippen molar-refractivity contribution < 1.29 is 0 Å². The third-order valence-electron chi connectivity index (χ3n) is 4.18. The molecule has 1 saturated heterocycles. The maximum Gasteiger partial charge on any atom is 0.192 e. The number of hydrogen-bond donors (Lipinski definition) is 1. The van der Waals surface area contributed by atoms with Gasteiger partial charge in [0, 0.05) is 18.6 Å². The summed E-state index contributed by atoms with van der Waals surface area (Å²) in [5, 5.41) is 0. The van der Waals surface area contributed by atoms with Crippen LogP contribution in [0.5, 0.6) is 0 Å². The van der Waals surface area contributed by atoms with E-state index in [1.54, 1.807) is 0 Å². The van der Waals surface area contributed by atoms with Gasteiger partial charge in [0.25, 0.3) is 0 Å². The maximum atomic E-state index is 6.02. The minimum atomic E-state index is 0.236. The Hall–Kier alpha value is -0.770. The molecule has 4 heteroatoms. The van der Waals surface area contributed by atoms with Gasteiger partial charge < -0.3 is 15.5 Å². The Kier molecular flexibility index (Phi) is 1.81. The number of rotatable bonds is 1. The highest BCUT2D eigenvalue weighted by Crippen LogP contribution is 2.41. The van der Waals surface area contributed by atoms with Crippen LogP contribution in [0.15, 0.2) is 4.99 Å². The third-order valence-corrected chi connectivity index (χ3v) is 4.18. The van der Waals surface area contributed by atoms with Crippen molar-refractivity contribution in [2.24, 2.45) is 10.7 Å². The first-order valence-corrected chi connectivity index (χ1v) is 5.92. The number of likely N-dealkylation sites (tertiary alicyclic amines) is 1. The standard InChI is InChI=1S/C11H20N4/c1-8-5-11(7-14(8)2)6-13-10(12)15(11)9-3-4-9/h8-9H,3-7H2,1-2H3,(H2,12,13). The van der Waals surface area contributed by atoms with Crippen LogP contribution in [-0.4, -0.2) is 53.5 Å². The van der Waals surface area contributed by atoms with Crippen LogP contribution in [0.3, 0.4) is 0 Å². The summed E-state index contributed by atoms with van der Waals surface area (Å²) in [6, 6.07) is 1.35. The summed E-state index contributed by atoms with van der Waals surface area (Å²) in [4.78, 5) is 9.33. The predicted octanol–water partition coefficient (Wildman–Crippen LogP) is 0.242. The van der Waals surface area contributed by atoms with Crippen molar-refractivity contribution >= 4 is 5.96 Å². The molecule has 0 aromatic heterocycles. The van der Waals surface area contributed by atoms with Crippen molar-refractivity contribution in [2.45, 2.75) is 43.8 Å². The molecule has 2 heterocycles. The fourth-order valence-electron chi connectivity index (χ4n) is 3.21. The Morgan fingerprint density at radius 2 is 2.20 bits per heavy atom. The SMILES string of the molecule is CC1CC2(CN=C(N)N2C2CC2)CN1C. The molecule has 0 amide bonds. The molecule has 2 atom stereocenters. The van der Waals surface area contributed by atoms with E-state index in [2.05, 4.69) is 28.8 Å². The molecule has 15 heavy (non-hydrogen) atoms. The number of nitrogens with two attached hydrogens (primary N) is 1. The van der Waals surface area contributed by atoms with Gasteiger partial charge in [0.1, 0.15) is 0 Å². The average Bonchev–Trinajstić information content (AvgIpc) is 2.89. The summed E-state index contributed by atoms with van der Waals surface area (Å²) >= 11 is 0. The first-order valence-electron chi connectivity index (χ1n) is 5.92. The quantitative estimate of drug-likeness (QED) is 0.671. The van der Waals surface area contributed by atoms with Crippen molar-refractivity contribution in [3.63, 3.8) is 0 Å². The first kappa shape index (κ1) is 9.46. The molecule has 0 radical (unpaired) electrons. The van der Waals surface area contributed by atoms with Crippen LogP contribution in [0.4, 0.5) is 0 Å². The second-order valence-electron chi connectivity index (χ2n) is 5.47. The van der Waals surface area contributed by atoms with E-state index in [0.717, 1.165) is 19.0 Å². The van der Waals surface area contributed by atoms with Gasteiger partial charge >= 0.3 is 0 Å². The van der Waals surface area contributed by atoms with E-state index in [9.17, 15) is 0 Å². The lowest BCUT2D eigenvalue weighted by atomic mass is 9.95. The lowest BCUT2D eigenvalue weighted by Crippen LogP contribution is -2.54. The van der Waals surface area contributed by atoms with Crippen LogP contribution in [0.25, 0.3) is 0 Å². The fourth-order valence-corrected chi connectivity index (χ4v) is 3.21. The summed E-state index contributed by atoms with van der Waals surface area (Å²) < 4.78 is 0. The third kappa shape index (κ3) is 1.27. The van der Waals surface area contributed by atoms with Crippen molar-refractivity contribution in [1.29, 1.82) is 0 Å². The molecule has 84 valence electrons. The van der Waals surface area contributed by atoms with Gasteiger partial charge in [0.05, 0.1) is 12.1 Å². The molecule has 1 saturated carbocycles. The van der Waals surface area contributed by atoms with E-state index in [0.29, 0.717) is 12.1 Å².